The normalized spacial score (nSPS) is 18.2. The fourth-order valence-corrected chi connectivity index (χ4v) is 3.87. The lowest BCUT2D eigenvalue weighted by molar-refractivity contribution is -0.125. The third-order valence-corrected chi connectivity index (χ3v) is 5.29. The predicted molar refractivity (Wildman–Crippen MR) is 87.4 cm³/mol. The summed E-state index contributed by atoms with van der Waals surface area (Å²) >= 11 is 0. The Kier molecular flexibility index (Phi) is 4.42. The van der Waals surface area contributed by atoms with Crippen molar-refractivity contribution in [2.24, 2.45) is 0 Å². The maximum Gasteiger partial charge on any atom is 0.239 e. The molecule has 7 nitrogen and oxygen atoms in total. The first-order valence-electron chi connectivity index (χ1n) is 7.58. The summed E-state index contributed by atoms with van der Waals surface area (Å²) in [5.74, 6) is 0.319. The lowest BCUT2D eigenvalue weighted by Crippen LogP contribution is -2.52. The first kappa shape index (κ1) is 16.7. The Labute approximate surface area is 140 Å². The molecule has 0 unspecified atom stereocenters. The van der Waals surface area contributed by atoms with Crippen LogP contribution in [0.1, 0.15) is 22.6 Å². The minimum atomic E-state index is -3.50. The van der Waals surface area contributed by atoms with Crippen molar-refractivity contribution in [2.45, 2.75) is 32.5 Å². The van der Waals surface area contributed by atoms with Gasteiger partial charge in [0.1, 0.15) is 17.5 Å². The highest BCUT2D eigenvalue weighted by molar-refractivity contribution is 7.88. The van der Waals surface area contributed by atoms with E-state index < -0.39 is 16.1 Å². The van der Waals surface area contributed by atoms with E-state index in [2.05, 4.69) is 10.5 Å². The molecule has 1 aromatic carbocycles. The molecule has 2 heterocycles. The van der Waals surface area contributed by atoms with Crippen LogP contribution in [0.25, 0.3) is 0 Å². The van der Waals surface area contributed by atoms with Crippen LogP contribution in [0.3, 0.4) is 0 Å². The Balaban J connectivity index is 1.79. The number of hydrogen-bond donors (Lipinski definition) is 1. The summed E-state index contributed by atoms with van der Waals surface area (Å²) < 4.78 is 30.4. The average Bonchev–Trinajstić information content (AvgIpc) is 2.96. The van der Waals surface area contributed by atoms with Crippen molar-refractivity contribution in [1.82, 2.24) is 14.8 Å². The van der Waals surface area contributed by atoms with Gasteiger partial charge in [0.05, 0.1) is 12.8 Å². The number of amides is 1. The molecule has 0 radical (unpaired) electrons. The van der Waals surface area contributed by atoms with Gasteiger partial charge in [-0.2, -0.15) is 4.31 Å². The molecule has 0 spiro atoms. The summed E-state index contributed by atoms with van der Waals surface area (Å²) in [6, 6.07) is 8.54. The number of sulfonamides is 1. The third-order valence-electron chi connectivity index (χ3n) is 4.05. The molecular weight excluding hydrogens is 330 g/mol. The van der Waals surface area contributed by atoms with Gasteiger partial charge >= 0.3 is 0 Å². The molecule has 2 aromatic rings. The molecule has 1 amide bonds. The Morgan fingerprint density at radius 3 is 2.71 bits per heavy atom. The van der Waals surface area contributed by atoms with Crippen LogP contribution in [0.4, 0.5) is 0 Å². The van der Waals surface area contributed by atoms with Crippen molar-refractivity contribution in [1.29, 1.82) is 0 Å². The van der Waals surface area contributed by atoms with Crippen LogP contribution in [0.2, 0.25) is 0 Å². The second kappa shape index (κ2) is 6.37. The average molecular weight is 349 g/mol. The van der Waals surface area contributed by atoms with Crippen LogP contribution in [-0.4, -0.2) is 36.1 Å². The van der Waals surface area contributed by atoms with Crippen molar-refractivity contribution in [3.8, 4) is 0 Å². The molecule has 128 valence electrons. The van der Waals surface area contributed by atoms with Crippen molar-refractivity contribution >= 4 is 15.9 Å². The van der Waals surface area contributed by atoms with E-state index in [4.69, 9.17) is 4.52 Å². The fourth-order valence-electron chi connectivity index (χ4n) is 2.87. The Morgan fingerprint density at radius 2 is 2.08 bits per heavy atom. The largest absolute Gasteiger partial charge is 0.361 e. The number of carbonyl (C=O) groups excluding carboxylic acids is 1. The highest BCUT2D eigenvalue weighted by Gasteiger charge is 2.36. The lowest BCUT2D eigenvalue weighted by Gasteiger charge is -2.34. The van der Waals surface area contributed by atoms with E-state index in [1.165, 1.54) is 4.31 Å². The summed E-state index contributed by atoms with van der Waals surface area (Å²) in [5.41, 5.74) is 2.52. The standard InChI is InChI=1S/C16H19N3O4S/c1-11-7-14(18-23-11)9-17-16(20)15-8-12-5-3-4-6-13(12)10-19(15)24(2,21)22/h3-7,15H,8-10H2,1-2H3,(H,17,20)/t15-/m1/s1. The van der Waals surface area contributed by atoms with E-state index in [0.29, 0.717) is 17.9 Å². The summed E-state index contributed by atoms with van der Waals surface area (Å²) in [6.45, 7) is 2.17. The molecule has 24 heavy (non-hydrogen) atoms. The molecule has 1 atom stereocenters. The van der Waals surface area contributed by atoms with Gasteiger partial charge in [-0.05, 0) is 24.5 Å². The van der Waals surface area contributed by atoms with E-state index in [1.54, 1.807) is 13.0 Å². The fraction of sp³-hybridized carbons (Fsp3) is 0.375. The van der Waals surface area contributed by atoms with E-state index in [1.807, 2.05) is 24.3 Å². The zero-order valence-corrected chi connectivity index (χ0v) is 14.3. The second-order valence-electron chi connectivity index (χ2n) is 5.94. The Bertz CT molecular complexity index is 860. The zero-order chi connectivity index (χ0) is 17.3. The molecule has 0 fully saturated rings. The van der Waals surface area contributed by atoms with Gasteiger partial charge in [0, 0.05) is 12.6 Å². The summed E-state index contributed by atoms with van der Waals surface area (Å²) in [7, 11) is -3.50. The van der Waals surface area contributed by atoms with Crippen molar-refractivity contribution < 1.29 is 17.7 Å². The quantitative estimate of drug-likeness (QED) is 0.888. The molecule has 1 N–H and O–H groups in total. The summed E-state index contributed by atoms with van der Waals surface area (Å²) in [4.78, 5) is 12.6. The number of rotatable bonds is 4. The number of aromatic nitrogens is 1. The van der Waals surface area contributed by atoms with Crippen LogP contribution in [-0.2, 0) is 34.3 Å². The van der Waals surface area contributed by atoms with Crippen molar-refractivity contribution in [3.63, 3.8) is 0 Å². The van der Waals surface area contributed by atoms with E-state index in [-0.39, 0.29) is 19.0 Å². The van der Waals surface area contributed by atoms with Crippen molar-refractivity contribution in [3.05, 3.63) is 52.9 Å². The monoisotopic (exact) mass is 349 g/mol. The van der Waals surface area contributed by atoms with Crippen LogP contribution in [0.15, 0.2) is 34.9 Å². The maximum absolute atomic E-state index is 12.6. The van der Waals surface area contributed by atoms with E-state index in [0.717, 1.165) is 17.4 Å². The molecule has 8 heteroatoms. The lowest BCUT2D eigenvalue weighted by atomic mass is 9.95. The molecular formula is C16H19N3O4S. The molecule has 0 bridgehead atoms. The van der Waals surface area contributed by atoms with Gasteiger partial charge in [-0.25, -0.2) is 8.42 Å². The highest BCUT2D eigenvalue weighted by atomic mass is 32.2. The number of hydrogen-bond acceptors (Lipinski definition) is 5. The topological polar surface area (TPSA) is 92.5 Å². The van der Waals surface area contributed by atoms with Crippen molar-refractivity contribution in [2.75, 3.05) is 6.26 Å². The number of aryl methyl sites for hydroxylation is 1. The minimum Gasteiger partial charge on any atom is -0.361 e. The number of fused-ring (bicyclic) bond motifs is 1. The molecule has 0 saturated carbocycles. The van der Waals surface area contributed by atoms with Gasteiger partial charge in [0.15, 0.2) is 0 Å². The Morgan fingerprint density at radius 1 is 1.38 bits per heavy atom. The SMILES string of the molecule is Cc1cc(CNC(=O)[C@H]2Cc3ccccc3CN2S(C)(=O)=O)no1. The van der Waals surface area contributed by atoms with E-state index >= 15 is 0 Å². The third kappa shape index (κ3) is 3.49. The van der Waals surface area contributed by atoms with E-state index in [9.17, 15) is 13.2 Å². The summed E-state index contributed by atoms with van der Waals surface area (Å²) in [6.07, 6.45) is 1.48. The maximum atomic E-state index is 12.6. The number of benzene rings is 1. The van der Waals surface area contributed by atoms with Gasteiger partial charge in [-0.15, -0.1) is 0 Å². The van der Waals surface area contributed by atoms with Gasteiger partial charge in [0.2, 0.25) is 15.9 Å². The van der Waals surface area contributed by atoms with Crippen LogP contribution in [0, 0.1) is 6.92 Å². The van der Waals surface area contributed by atoms with Gasteiger partial charge in [-0.1, -0.05) is 29.4 Å². The molecule has 0 saturated heterocycles. The molecule has 3 rings (SSSR count). The second-order valence-corrected chi connectivity index (χ2v) is 7.88. The van der Waals surface area contributed by atoms with Gasteiger partial charge in [-0.3, -0.25) is 4.79 Å². The first-order valence-corrected chi connectivity index (χ1v) is 9.43. The van der Waals surface area contributed by atoms with Gasteiger partial charge in [0.25, 0.3) is 0 Å². The molecule has 1 aromatic heterocycles. The van der Waals surface area contributed by atoms with Crippen LogP contribution >= 0.6 is 0 Å². The molecule has 1 aliphatic heterocycles. The molecule has 1 aliphatic rings. The molecule has 0 aliphatic carbocycles. The van der Waals surface area contributed by atoms with Gasteiger partial charge < -0.3 is 9.84 Å². The predicted octanol–water partition coefficient (Wildman–Crippen LogP) is 0.986. The number of nitrogens with zero attached hydrogens (tertiary/aromatic N) is 2. The summed E-state index contributed by atoms with van der Waals surface area (Å²) in [5, 5.41) is 6.56. The minimum absolute atomic E-state index is 0.200. The smallest absolute Gasteiger partial charge is 0.239 e. The number of carbonyl (C=O) groups is 1. The van der Waals surface area contributed by atoms with Crippen LogP contribution in [0.5, 0.6) is 0 Å². The first-order chi connectivity index (χ1) is 11.3. The highest BCUT2D eigenvalue weighted by Crippen LogP contribution is 2.25. The number of nitrogens with one attached hydrogen (secondary N) is 1. The Hall–Kier alpha value is -2.19. The zero-order valence-electron chi connectivity index (χ0n) is 13.5. The van der Waals surface area contributed by atoms with Crippen LogP contribution < -0.4 is 5.32 Å².